The van der Waals surface area contributed by atoms with Crippen LogP contribution in [0, 0.1) is 5.82 Å². The molecule has 0 saturated carbocycles. The van der Waals surface area contributed by atoms with E-state index >= 15 is 0 Å². The topological polar surface area (TPSA) is 30.5 Å². The molecule has 0 fully saturated rings. The lowest BCUT2D eigenvalue weighted by Crippen LogP contribution is -2.05. The predicted molar refractivity (Wildman–Crippen MR) is 85.4 cm³/mol. The van der Waals surface area contributed by atoms with E-state index < -0.39 is 0 Å². The van der Waals surface area contributed by atoms with Crippen molar-refractivity contribution in [1.29, 1.82) is 0 Å². The summed E-state index contributed by atoms with van der Waals surface area (Å²) in [7, 11) is 4.99. The van der Waals surface area contributed by atoms with Crippen molar-refractivity contribution in [3.05, 3.63) is 46.2 Å². The molecule has 2 rings (SSSR count). The van der Waals surface area contributed by atoms with E-state index in [2.05, 4.69) is 21.2 Å². The van der Waals surface area contributed by atoms with Crippen LogP contribution >= 0.6 is 15.9 Å². The van der Waals surface area contributed by atoms with Crippen molar-refractivity contribution >= 4 is 15.9 Å². The second-order valence-electron chi connectivity index (χ2n) is 4.51. The Labute approximate surface area is 132 Å². The Balaban J connectivity index is 2.61. The maximum atomic E-state index is 14.2. The monoisotopic (exact) mass is 353 g/mol. The normalized spacial score (nSPS) is 10.5. The third kappa shape index (κ3) is 3.19. The lowest BCUT2D eigenvalue weighted by Gasteiger charge is -2.15. The average molecular weight is 354 g/mol. The van der Waals surface area contributed by atoms with Crippen LogP contribution in [0.1, 0.15) is 5.56 Å². The quantitative estimate of drug-likeness (QED) is 0.881. The first-order valence-corrected chi connectivity index (χ1v) is 7.25. The predicted octanol–water partition coefficient (Wildman–Crippen LogP) is 3.99. The third-order valence-corrected chi connectivity index (χ3v) is 3.94. The highest BCUT2D eigenvalue weighted by atomic mass is 79.9. The SMILES string of the molecule is CNCc1ccc(F)c(-c2ccc(OC)c(Br)c2OC)c1. The summed E-state index contributed by atoms with van der Waals surface area (Å²) >= 11 is 3.44. The number of rotatable bonds is 5. The molecule has 0 bridgehead atoms. The molecule has 0 saturated heterocycles. The Morgan fingerprint density at radius 2 is 1.86 bits per heavy atom. The van der Waals surface area contributed by atoms with Gasteiger partial charge >= 0.3 is 0 Å². The molecule has 21 heavy (non-hydrogen) atoms. The summed E-state index contributed by atoms with van der Waals surface area (Å²) in [6.07, 6.45) is 0. The van der Waals surface area contributed by atoms with Gasteiger partial charge in [-0.05, 0) is 52.8 Å². The molecule has 0 aromatic heterocycles. The van der Waals surface area contributed by atoms with Gasteiger partial charge in [-0.15, -0.1) is 0 Å². The van der Waals surface area contributed by atoms with E-state index in [4.69, 9.17) is 9.47 Å². The summed E-state index contributed by atoms with van der Waals surface area (Å²) in [5, 5.41) is 3.06. The molecule has 0 heterocycles. The highest BCUT2D eigenvalue weighted by molar-refractivity contribution is 9.10. The molecule has 3 nitrogen and oxygen atoms in total. The zero-order valence-electron chi connectivity index (χ0n) is 12.2. The van der Waals surface area contributed by atoms with Gasteiger partial charge in [0.05, 0.1) is 14.2 Å². The molecule has 0 aliphatic heterocycles. The summed E-state index contributed by atoms with van der Waals surface area (Å²) < 4.78 is 25.5. The van der Waals surface area contributed by atoms with E-state index in [1.807, 2.05) is 13.1 Å². The molecule has 5 heteroatoms. The van der Waals surface area contributed by atoms with Crippen LogP contribution in [0.4, 0.5) is 4.39 Å². The molecule has 0 unspecified atom stereocenters. The number of ether oxygens (including phenoxy) is 2. The number of benzene rings is 2. The number of halogens is 2. The van der Waals surface area contributed by atoms with Gasteiger partial charge in [0, 0.05) is 17.7 Å². The minimum Gasteiger partial charge on any atom is -0.495 e. The fourth-order valence-corrected chi connectivity index (χ4v) is 2.87. The van der Waals surface area contributed by atoms with Crippen molar-refractivity contribution in [2.24, 2.45) is 0 Å². The van der Waals surface area contributed by atoms with Crippen molar-refractivity contribution in [2.75, 3.05) is 21.3 Å². The molecule has 2 aromatic carbocycles. The summed E-state index contributed by atoms with van der Waals surface area (Å²) in [6.45, 7) is 0.674. The third-order valence-electron chi connectivity index (χ3n) is 3.19. The Morgan fingerprint density at radius 3 is 2.48 bits per heavy atom. The number of methoxy groups -OCH3 is 2. The van der Waals surface area contributed by atoms with Crippen LogP contribution in [0.3, 0.4) is 0 Å². The molecule has 2 aromatic rings. The maximum absolute atomic E-state index is 14.2. The second kappa shape index (κ2) is 6.91. The van der Waals surface area contributed by atoms with Gasteiger partial charge in [0.25, 0.3) is 0 Å². The first-order chi connectivity index (χ1) is 10.1. The number of nitrogens with one attached hydrogen (secondary N) is 1. The van der Waals surface area contributed by atoms with Gasteiger partial charge in [-0.1, -0.05) is 6.07 Å². The molecule has 0 atom stereocenters. The molecule has 112 valence electrons. The highest BCUT2D eigenvalue weighted by Crippen LogP contribution is 2.42. The summed E-state index contributed by atoms with van der Waals surface area (Å²) in [5.74, 6) is 0.905. The Morgan fingerprint density at radius 1 is 1.10 bits per heavy atom. The van der Waals surface area contributed by atoms with Crippen molar-refractivity contribution in [3.8, 4) is 22.6 Å². The molecular weight excluding hydrogens is 337 g/mol. The van der Waals surface area contributed by atoms with Crippen molar-refractivity contribution < 1.29 is 13.9 Å². The largest absolute Gasteiger partial charge is 0.495 e. The molecule has 0 radical (unpaired) electrons. The minimum atomic E-state index is -0.287. The fourth-order valence-electron chi connectivity index (χ4n) is 2.20. The maximum Gasteiger partial charge on any atom is 0.144 e. The van der Waals surface area contributed by atoms with E-state index in [0.29, 0.717) is 33.6 Å². The first kappa shape index (κ1) is 15.8. The van der Waals surface area contributed by atoms with Crippen molar-refractivity contribution in [3.63, 3.8) is 0 Å². The van der Waals surface area contributed by atoms with E-state index in [0.717, 1.165) is 5.56 Å². The average Bonchev–Trinajstić information content (AvgIpc) is 2.49. The Hall–Kier alpha value is -1.59. The smallest absolute Gasteiger partial charge is 0.144 e. The van der Waals surface area contributed by atoms with Crippen LogP contribution in [0.15, 0.2) is 34.8 Å². The summed E-state index contributed by atoms with van der Waals surface area (Å²) in [6, 6.07) is 8.64. The van der Waals surface area contributed by atoms with Gasteiger partial charge in [0.15, 0.2) is 0 Å². The molecule has 0 aliphatic carbocycles. The van der Waals surface area contributed by atoms with Gasteiger partial charge in [-0.2, -0.15) is 0 Å². The van der Waals surface area contributed by atoms with Crippen LogP contribution in [0.5, 0.6) is 11.5 Å². The van der Waals surface area contributed by atoms with Crippen LogP contribution in [-0.4, -0.2) is 21.3 Å². The number of hydrogen-bond donors (Lipinski definition) is 1. The second-order valence-corrected chi connectivity index (χ2v) is 5.30. The van der Waals surface area contributed by atoms with E-state index in [-0.39, 0.29) is 5.82 Å². The van der Waals surface area contributed by atoms with Gasteiger partial charge in [0.1, 0.15) is 21.8 Å². The molecular formula is C16H17BrFNO2. The van der Waals surface area contributed by atoms with Gasteiger partial charge in [0.2, 0.25) is 0 Å². The van der Waals surface area contributed by atoms with Crippen LogP contribution in [0.2, 0.25) is 0 Å². The minimum absolute atomic E-state index is 0.287. The highest BCUT2D eigenvalue weighted by Gasteiger charge is 2.17. The lowest BCUT2D eigenvalue weighted by molar-refractivity contribution is 0.390. The van der Waals surface area contributed by atoms with E-state index in [9.17, 15) is 4.39 Å². The fraction of sp³-hybridized carbons (Fsp3) is 0.250. The van der Waals surface area contributed by atoms with Crippen LogP contribution in [-0.2, 0) is 6.54 Å². The van der Waals surface area contributed by atoms with Crippen LogP contribution < -0.4 is 14.8 Å². The van der Waals surface area contributed by atoms with E-state index in [1.54, 1.807) is 32.4 Å². The van der Waals surface area contributed by atoms with Gasteiger partial charge in [-0.3, -0.25) is 0 Å². The standard InChI is InChI=1S/C16H17BrFNO2/c1-19-9-10-4-6-13(18)12(8-10)11-5-7-14(20-2)15(17)16(11)21-3/h4-8,19H,9H2,1-3H3. The van der Waals surface area contributed by atoms with Crippen LogP contribution in [0.25, 0.3) is 11.1 Å². The molecule has 0 aliphatic rings. The van der Waals surface area contributed by atoms with Crippen molar-refractivity contribution in [1.82, 2.24) is 5.32 Å². The summed E-state index contributed by atoms with van der Waals surface area (Å²) in [4.78, 5) is 0. The molecule has 0 amide bonds. The van der Waals surface area contributed by atoms with Gasteiger partial charge < -0.3 is 14.8 Å². The zero-order valence-corrected chi connectivity index (χ0v) is 13.8. The lowest BCUT2D eigenvalue weighted by atomic mass is 10.0. The first-order valence-electron chi connectivity index (χ1n) is 6.46. The van der Waals surface area contributed by atoms with Crippen molar-refractivity contribution in [2.45, 2.75) is 6.54 Å². The van der Waals surface area contributed by atoms with E-state index in [1.165, 1.54) is 6.07 Å². The Kier molecular flexibility index (Phi) is 5.20. The molecule has 0 spiro atoms. The van der Waals surface area contributed by atoms with Gasteiger partial charge in [-0.25, -0.2) is 4.39 Å². The Bertz CT molecular complexity index is 646. The number of hydrogen-bond acceptors (Lipinski definition) is 3. The zero-order chi connectivity index (χ0) is 15.4. The summed E-state index contributed by atoms with van der Waals surface area (Å²) in [5.41, 5.74) is 2.19. The molecule has 1 N–H and O–H groups in total.